The van der Waals surface area contributed by atoms with E-state index in [0.29, 0.717) is 25.1 Å². The zero-order valence-electron chi connectivity index (χ0n) is 12.5. The van der Waals surface area contributed by atoms with Gasteiger partial charge < -0.3 is 15.5 Å². The predicted molar refractivity (Wildman–Crippen MR) is 87.8 cm³/mol. The van der Waals surface area contributed by atoms with Gasteiger partial charge in [0.2, 0.25) is 0 Å². The Hall–Kier alpha value is -0.250. The largest absolute Gasteiger partial charge is 0.390 e. The molecule has 0 aromatic rings. The molecule has 4 nitrogen and oxygen atoms in total. The summed E-state index contributed by atoms with van der Waals surface area (Å²) in [5.74, 6) is 0.434. The molecule has 0 bridgehead atoms. The fraction of sp³-hybridized carbons (Fsp3) is 0.917. The molecule has 8 heteroatoms. The first-order valence-corrected chi connectivity index (χ1v) is 6.55. The smallest absolute Gasteiger partial charge is 0.357 e. The molecule has 0 spiro atoms. The Bertz CT molecular complexity index is 270. The fourth-order valence-corrected chi connectivity index (χ4v) is 1.25. The predicted octanol–water partition coefficient (Wildman–Crippen LogP) is 2.45. The molecule has 0 aromatic heterocycles. The van der Waals surface area contributed by atoms with E-state index >= 15 is 0 Å². The molecular weight excluding hydrogens is 384 g/mol. The van der Waals surface area contributed by atoms with Crippen LogP contribution >= 0.6 is 24.0 Å². The van der Waals surface area contributed by atoms with Crippen LogP contribution < -0.4 is 10.6 Å². The second-order valence-corrected chi connectivity index (χ2v) is 4.63. The summed E-state index contributed by atoms with van der Waals surface area (Å²) < 4.78 is 36.1. The van der Waals surface area contributed by atoms with Crippen LogP contribution in [0.3, 0.4) is 0 Å². The maximum atomic E-state index is 12.0. The first-order valence-electron chi connectivity index (χ1n) is 6.55. The van der Waals surface area contributed by atoms with Crippen molar-refractivity contribution in [2.75, 3.05) is 33.2 Å². The molecule has 122 valence electrons. The SMILES string of the molecule is CCNC(=NCCC(F)(F)F)NCCN(C)C(C)C.I. The van der Waals surface area contributed by atoms with Crippen molar-refractivity contribution in [3.05, 3.63) is 0 Å². The van der Waals surface area contributed by atoms with Crippen molar-refractivity contribution in [2.24, 2.45) is 4.99 Å². The van der Waals surface area contributed by atoms with Crippen molar-refractivity contribution in [3.63, 3.8) is 0 Å². The normalized spacial score (nSPS) is 12.6. The van der Waals surface area contributed by atoms with Crippen LogP contribution in [0.1, 0.15) is 27.2 Å². The maximum absolute atomic E-state index is 12.0. The van der Waals surface area contributed by atoms with E-state index in [1.165, 1.54) is 0 Å². The van der Waals surface area contributed by atoms with Gasteiger partial charge in [-0.2, -0.15) is 13.2 Å². The van der Waals surface area contributed by atoms with Crippen molar-refractivity contribution < 1.29 is 13.2 Å². The number of alkyl halides is 3. The van der Waals surface area contributed by atoms with Gasteiger partial charge in [-0.3, -0.25) is 4.99 Å². The van der Waals surface area contributed by atoms with Gasteiger partial charge in [-0.25, -0.2) is 0 Å². The standard InChI is InChI=1S/C12H25F3N4.HI/c1-5-16-11(17-7-6-12(13,14)15)18-8-9-19(4)10(2)3;/h10H,5-9H2,1-4H3,(H2,16,17,18);1H. The number of nitrogens with zero attached hydrogens (tertiary/aromatic N) is 2. The van der Waals surface area contributed by atoms with E-state index in [-0.39, 0.29) is 30.5 Å². The van der Waals surface area contributed by atoms with E-state index in [2.05, 4.69) is 34.4 Å². The van der Waals surface area contributed by atoms with Crippen LogP contribution in [0.4, 0.5) is 13.2 Å². The third-order valence-electron chi connectivity index (χ3n) is 2.65. The second-order valence-electron chi connectivity index (χ2n) is 4.63. The van der Waals surface area contributed by atoms with Crippen molar-refractivity contribution in [2.45, 2.75) is 39.4 Å². The number of rotatable bonds is 7. The average molecular weight is 410 g/mol. The summed E-state index contributed by atoms with van der Waals surface area (Å²) in [5.41, 5.74) is 0. The maximum Gasteiger partial charge on any atom is 0.390 e. The first kappa shape index (κ1) is 22.0. The highest BCUT2D eigenvalue weighted by Gasteiger charge is 2.26. The Morgan fingerprint density at radius 1 is 1.25 bits per heavy atom. The topological polar surface area (TPSA) is 39.7 Å². The van der Waals surface area contributed by atoms with Crippen LogP contribution in [0, 0.1) is 0 Å². The molecule has 20 heavy (non-hydrogen) atoms. The summed E-state index contributed by atoms with van der Waals surface area (Å²) in [6.45, 7) is 7.87. The third kappa shape index (κ3) is 12.8. The molecule has 0 heterocycles. The molecule has 0 saturated heterocycles. The van der Waals surface area contributed by atoms with E-state index < -0.39 is 12.6 Å². The average Bonchev–Trinajstić information content (AvgIpc) is 2.26. The van der Waals surface area contributed by atoms with Crippen molar-refractivity contribution in [1.29, 1.82) is 0 Å². The Labute approximate surface area is 136 Å². The molecule has 0 aliphatic heterocycles. The highest BCUT2D eigenvalue weighted by molar-refractivity contribution is 14.0. The molecule has 2 N–H and O–H groups in total. The summed E-state index contributed by atoms with van der Waals surface area (Å²) >= 11 is 0. The van der Waals surface area contributed by atoms with Gasteiger partial charge in [-0.1, -0.05) is 0 Å². The quantitative estimate of drug-likeness (QED) is 0.385. The fourth-order valence-electron chi connectivity index (χ4n) is 1.25. The molecule has 0 fully saturated rings. The molecule has 0 amide bonds. The van der Waals surface area contributed by atoms with E-state index in [1.807, 2.05) is 14.0 Å². The lowest BCUT2D eigenvalue weighted by Crippen LogP contribution is -2.42. The van der Waals surface area contributed by atoms with Crippen LogP contribution in [0.15, 0.2) is 4.99 Å². The molecule has 0 unspecified atom stereocenters. The first-order chi connectivity index (χ1) is 8.76. The summed E-state index contributed by atoms with van der Waals surface area (Å²) in [6, 6.07) is 0.437. The minimum atomic E-state index is -4.15. The van der Waals surface area contributed by atoms with Crippen LogP contribution in [0.2, 0.25) is 0 Å². The van der Waals surface area contributed by atoms with Crippen LogP contribution in [0.5, 0.6) is 0 Å². The van der Waals surface area contributed by atoms with Gasteiger partial charge in [0.15, 0.2) is 5.96 Å². The second kappa shape index (κ2) is 11.4. The van der Waals surface area contributed by atoms with Gasteiger partial charge in [0.1, 0.15) is 0 Å². The number of aliphatic imine (C=N–C) groups is 1. The summed E-state index contributed by atoms with van der Waals surface area (Å²) in [5, 5.41) is 5.95. The van der Waals surface area contributed by atoms with Crippen molar-refractivity contribution in [3.8, 4) is 0 Å². The lowest BCUT2D eigenvalue weighted by Gasteiger charge is -2.21. The highest BCUT2D eigenvalue weighted by Crippen LogP contribution is 2.18. The Balaban J connectivity index is 0. The van der Waals surface area contributed by atoms with Gasteiger partial charge in [0.25, 0.3) is 0 Å². The van der Waals surface area contributed by atoms with Gasteiger partial charge in [0, 0.05) is 25.7 Å². The van der Waals surface area contributed by atoms with Gasteiger partial charge >= 0.3 is 6.18 Å². The number of nitrogens with one attached hydrogen (secondary N) is 2. The Morgan fingerprint density at radius 3 is 2.30 bits per heavy atom. The van der Waals surface area contributed by atoms with Gasteiger partial charge in [-0.05, 0) is 27.8 Å². The highest BCUT2D eigenvalue weighted by atomic mass is 127. The molecule has 0 aliphatic carbocycles. The number of hydrogen-bond donors (Lipinski definition) is 2. The zero-order chi connectivity index (χ0) is 14.9. The molecule has 0 radical (unpaired) electrons. The Morgan fingerprint density at radius 2 is 1.85 bits per heavy atom. The van der Waals surface area contributed by atoms with E-state index in [1.54, 1.807) is 0 Å². The number of halogens is 4. The van der Waals surface area contributed by atoms with Crippen LogP contribution in [-0.2, 0) is 0 Å². The van der Waals surface area contributed by atoms with E-state index in [0.717, 1.165) is 6.54 Å². The molecule has 0 saturated carbocycles. The lowest BCUT2D eigenvalue weighted by molar-refractivity contribution is -0.132. The van der Waals surface area contributed by atoms with Gasteiger partial charge in [0.05, 0.1) is 13.0 Å². The number of hydrogen-bond acceptors (Lipinski definition) is 2. The number of likely N-dealkylation sites (N-methyl/N-ethyl adjacent to an activating group) is 1. The van der Waals surface area contributed by atoms with Crippen LogP contribution in [0.25, 0.3) is 0 Å². The molecule has 0 atom stereocenters. The third-order valence-corrected chi connectivity index (χ3v) is 2.65. The number of guanidine groups is 1. The van der Waals surface area contributed by atoms with Crippen molar-refractivity contribution in [1.82, 2.24) is 15.5 Å². The Kier molecular flexibility index (Phi) is 12.6. The summed E-state index contributed by atoms with van der Waals surface area (Å²) in [4.78, 5) is 6.04. The van der Waals surface area contributed by atoms with Crippen LogP contribution in [-0.4, -0.2) is 56.3 Å². The summed E-state index contributed by atoms with van der Waals surface area (Å²) in [7, 11) is 2.00. The van der Waals surface area contributed by atoms with E-state index in [9.17, 15) is 13.2 Å². The van der Waals surface area contributed by atoms with E-state index in [4.69, 9.17) is 0 Å². The minimum absolute atomic E-state index is 0. The molecule has 0 rings (SSSR count). The monoisotopic (exact) mass is 410 g/mol. The van der Waals surface area contributed by atoms with Gasteiger partial charge in [-0.15, -0.1) is 24.0 Å². The minimum Gasteiger partial charge on any atom is -0.357 e. The molecule has 0 aromatic carbocycles. The molecular formula is C12H26F3IN4. The molecule has 0 aliphatic rings. The summed E-state index contributed by atoms with van der Waals surface area (Å²) in [6.07, 6.45) is -5.05. The lowest BCUT2D eigenvalue weighted by atomic mass is 10.3. The zero-order valence-corrected chi connectivity index (χ0v) is 14.9. The van der Waals surface area contributed by atoms with Crippen molar-refractivity contribution >= 4 is 29.9 Å².